The molecule has 6 rings (SSSR count). The summed E-state index contributed by atoms with van der Waals surface area (Å²) in [5, 5.41) is 0. The van der Waals surface area contributed by atoms with Crippen molar-refractivity contribution in [2.75, 3.05) is 13.1 Å². The van der Waals surface area contributed by atoms with E-state index in [9.17, 15) is 18.0 Å². The lowest BCUT2D eigenvalue weighted by Gasteiger charge is -2.17. The summed E-state index contributed by atoms with van der Waals surface area (Å²) in [5.74, 6) is 0.805. The molecule has 2 aromatic heterocycles. The number of benzene rings is 2. The highest BCUT2D eigenvalue weighted by Gasteiger charge is 2.44. The average Bonchev–Trinajstić information content (AvgIpc) is 3.29. The zero-order valence-corrected chi connectivity index (χ0v) is 20.2. The number of amides is 1. The molecule has 6 nitrogen and oxygen atoms in total. The summed E-state index contributed by atoms with van der Waals surface area (Å²) < 4.78 is 43.8. The van der Waals surface area contributed by atoms with Crippen LogP contribution in [0.25, 0.3) is 16.7 Å². The van der Waals surface area contributed by atoms with Gasteiger partial charge in [-0.1, -0.05) is 13.0 Å². The molecule has 1 aliphatic carbocycles. The molecule has 0 bridgehead atoms. The van der Waals surface area contributed by atoms with Gasteiger partial charge in [0, 0.05) is 48.1 Å². The van der Waals surface area contributed by atoms with E-state index < -0.39 is 6.36 Å². The maximum absolute atomic E-state index is 13.4. The molecule has 9 heteroatoms. The number of fused-ring (bicyclic) bond motifs is 1. The van der Waals surface area contributed by atoms with Gasteiger partial charge in [-0.3, -0.25) is 14.3 Å². The molecule has 1 aliphatic heterocycles. The number of alkyl halides is 3. The van der Waals surface area contributed by atoms with Gasteiger partial charge < -0.3 is 9.64 Å². The molecule has 0 spiro atoms. The Bertz CT molecular complexity index is 1460. The Morgan fingerprint density at radius 1 is 1.11 bits per heavy atom. The number of halogens is 3. The molecule has 0 radical (unpaired) electrons. The second kappa shape index (κ2) is 8.61. The number of aromatic nitrogens is 3. The smallest absolute Gasteiger partial charge is 0.406 e. The van der Waals surface area contributed by atoms with Crippen molar-refractivity contribution in [3.8, 4) is 11.4 Å². The summed E-state index contributed by atoms with van der Waals surface area (Å²) in [4.78, 5) is 24.3. The second-order valence-electron chi connectivity index (χ2n) is 10.1. The van der Waals surface area contributed by atoms with Crippen LogP contribution in [0.2, 0.25) is 0 Å². The molecule has 190 valence electrons. The minimum atomic E-state index is -4.74. The lowest BCUT2D eigenvalue weighted by molar-refractivity contribution is -0.274. The third-order valence-corrected chi connectivity index (χ3v) is 7.40. The first kappa shape index (κ1) is 23.5. The lowest BCUT2D eigenvalue weighted by Crippen LogP contribution is -2.28. The Balaban J connectivity index is 1.31. The minimum absolute atomic E-state index is 0.0318. The van der Waals surface area contributed by atoms with Crippen molar-refractivity contribution in [2.24, 2.45) is 0 Å². The summed E-state index contributed by atoms with van der Waals surface area (Å²) in [7, 11) is 0. The fourth-order valence-corrected chi connectivity index (χ4v) is 5.10. The monoisotopic (exact) mass is 506 g/mol. The molecule has 2 aromatic carbocycles. The Kier molecular flexibility index (Phi) is 5.47. The van der Waals surface area contributed by atoms with Gasteiger partial charge in [0.15, 0.2) is 0 Å². The van der Waals surface area contributed by atoms with Crippen LogP contribution < -0.4 is 4.74 Å². The Morgan fingerprint density at radius 2 is 1.89 bits per heavy atom. The largest absolute Gasteiger partial charge is 0.573 e. The highest BCUT2D eigenvalue weighted by molar-refractivity contribution is 5.98. The summed E-state index contributed by atoms with van der Waals surface area (Å²) >= 11 is 0. The fourth-order valence-electron chi connectivity index (χ4n) is 5.10. The summed E-state index contributed by atoms with van der Waals surface area (Å²) in [6.45, 7) is 3.45. The first-order valence-corrected chi connectivity index (χ1v) is 12.3. The standard InChI is InChI=1S/C28H25F3N4O2/c1-27(11-12-27)26-33-23-15-18(25(36)34-14-10-20(17-34)19-3-2-13-32-16-19)4-9-24(23)35(26)21-5-7-22(8-6-21)37-28(29,30)31/h2-9,13,15-16,20H,10-12,14,17H2,1H3. The molecule has 37 heavy (non-hydrogen) atoms. The van der Waals surface area contributed by atoms with Crippen LogP contribution in [0.15, 0.2) is 67.0 Å². The number of hydrogen-bond acceptors (Lipinski definition) is 4. The molecular weight excluding hydrogens is 481 g/mol. The summed E-state index contributed by atoms with van der Waals surface area (Å²) in [6.07, 6.45) is 1.70. The van der Waals surface area contributed by atoms with Gasteiger partial charge in [-0.15, -0.1) is 13.2 Å². The van der Waals surface area contributed by atoms with Crippen LogP contribution in [-0.2, 0) is 5.41 Å². The highest BCUT2D eigenvalue weighted by atomic mass is 19.4. The number of likely N-dealkylation sites (tertiary alicyclic amines) is 1. The van der Waals surface area contributed by atoms with Crippen LogP contribution in [0.5, 0.6) is 5.75 Å². The van der Waals surface area contributed by atoms with Crippen molar-refractivity contribution in [1.29, 1.82) is 0 Å². The van der Waals surface area contributed by atoms with Crippen LogP contribution in [-0.4, -0.2) is 44.8 Å². The van der Waals surface area contributed by atoms with Gasteiger partial charge in [0.05, 0.1) is 11.0 Å². The lowest BCUT2D eigenvalue weighted by atomic mass is 10.0. The van der Waals surface area contributed by atoms with Crippen LogP contribution in [0, 0.1) is 0 Å². The molecule has 1 unspecified atom stereocenters. The quantitative estimate of drug-likeness (QED) is 0.333. The van der Waals surface area contributed by atoms with E-state index in [-0.39, 0.29) is 23.0 Å². The van der Waals surface area contributed by atoms with Gasteiger partial charge in [0.1, 0.15) is 11.6 Å². The molecule has 2 aliphatic rings. The number of hydrogen-bond donors (Lipinski definition) is 0. The number of carbonyl (C=O) groups excluding carboxylic acids is 1. The Hall–Kier alpha value is -3.88. The predicted molar refractivity (Wildman–Crippen MR) is 132 cm³/mol. The number of imidazole rings is 1. The van der Waals surface area contributed by atoms with E-state index in [1.165, 1.54) is 12.1 Å². The van der Waals surface area contributed by atoms with Crippen molar-refractivity contribution >= 4 is 16.9 Å². The topological polar surface area (TPSA) is 60.2 Å². The zero-order chi connectivity index (χ0) is 25.8. The van der Waals surface area contributed by atoms with Crippen molar-refractivity contribution < 1.29 is 22.7 Å². The van der Waals surface area contributed by atoms with Crippen molar-refractivity contribution in [3.05, 3.63) is 83.9 Å². The molecule has 4 aromatic rings. The van der Waals surface area contributed by atoms with E-state index >= 15 is 0 Å². The number of nitrogens with zero attached hydrogens (tertiary/aromatic N) is 4. The highest BCUT2D eigenvalue weighted by Crippen LogP contribution is 2.48. The summed E-state index contributed by atoms with van der Waals surface area (Å²) in [6, 6.07) is 15.3. The summed E-state index contributed by atoms with van der Waals surface area (Å²) in [5.41, 5.74) is 3.78. The molecule has 3 heterocycles. The first-order chi connectivity index (χ1) is 17.7. The predicted octanol–water partition coefficient (Wildman–Crippen LogP) is 6.00. The zero-order valence-electron chi connectivity index (χ0n) is 20.2. The molecule has 2 fully saturated rings. The average molecular weight is 507 g/mol. The fraction of sp³-hybridized carbons (Fsp3) is 0.321. The molecule has 1 saturated carbocycles. The Morgan fingerprint density at radius 3 is 2.57 bits per heavy atom. The van der Waals surface area contributed by atoms with Gasteiger partial charge in [0.25, 0.3) is 5.91 Å². The third kappa shape index (κ3) is 4.54. The maximum atomic E-state index is 13.4. The van der Waals surface area contributed by atoms with Gasteiger partial charge >= 0.3 is 6.36 Å². The first-order valence-electron chi connectivity index (χ1n) is 12.3. The van der Waals surface area contributed by atoms with E-state index in [2.05, 4.69) is 16.6 Å². The van der Waals surface area contributed by atoms with Crippen LogP contribution in [0.4, 0.5) is 13.2 Å². The normalized spacial score (nSPS) is 18.8. The maximum Gasteiger partial charge on any atom is 0.573 e. The van der Waals surface area contributed by atoms with Crippen molar-refractivity contribution in [1.82, 2.24) is 19.4 Å². The van der Waals surface area contributed by atoms with E-state index in [4.69, 9.17) is 4.98 Å². The molecule has 0 N–H and O–H groups in total. The third-order valence-electron chi connectivity index (χ3n) is 7.40. The molecular formula is C28H25F3N4O2. The van der Waals surface area contributed by atoms with E-state index in [1.54, 1.807) is 24.4 Å². The number of rotatable bonds is 5. The molecule has 1 saturated heterocycles. The second-order valence-corrected chi connectivity index (χ2v) is 10.1. The van der Waals surface area contributed by atoms with Gasteiger partial charge in [0.2, 0.25) is 0 Å². The van der Waals surface area contributed by atoms with Crippen LogP contribution in [0.1, 0.15) is 53.8 Å². The Labute approximate surface area is 211 Å². The minimum Gasteiger partial charge on any atom is -0.406 e. The van der Waals surface area contributed by atoms with Gasteiger partial charge in [-0.2, -0.15) is 0 Å². The number of pyridine rings is 1. The van der Waals surface area contributed by atoms with Crippen molar-refractivity contribution in [3.63, 3.8) is 0 Å². The van der Waals surface area contributed by atoms with Crippen LogP contribution in [0.3, 0.4) is 0 Å². The van der Waals surface area contributed by atoms with Crippen LogP contribution >= 0.6 is 0 Å². The van der Waals surface area contributed by atoms with E-state index in [1.807, 2.05) is 39.9 Å². The molecule has 1 atom stereocenters. The SMILES string of the molecule is CC1(c2nc3cc(C(=O)N4CCC(c5cccnc5)C4)ccc3n2-c2ccc(OC(F)(F)F)cc2)CC1. The van der Waals surface area contributed by atoms with E-state index in [0.717, 1.165) is 36.2 Å². The number of ether oxygens (including phenoxy) is 1. The van der Waals surface area contributed by atoms with E-state index in [0.29, 0.717) is 29.9 Å². The number of carbonyl (C=O) groups is 1. The van der Waals surface area contributed by atoms with Crippen molar-refractivity contribution in [2.45, 2.75) is 43.9 Å². The molecule has 1 amide bonds. The van der Waals surface area contributed by atoms with Gasteiger partial charge in [-0.05, 0) is 73.4 Å². The van der Waals surface area contributed by atoms with Gasteiger partial charge in [-0.25, -0.2) is 4.98 Å².